The molecule has 3 aromatic carbocycles. The number of nitrogens with one attached hydrogen (secondary N) is 2. The highest BCUT2D eigenvalue weighted by Gasteiger charge is 2.33. The van der Waals surface area contributed by atoms with E-state index >= 15 is 0 Å². The molecule has 7 nitrogen and oxygen atoms in total. The van der Waals surface area contributed by atoms with Crippen molar-refractivity contribution in [3.8, 4) is 5.75 Å². The van der Waals surface area contributed by atoms with Gasteiger partial charge < -0.3 is 15.4 Å². The Kier molecular flexibility index (Phi) is 6.68. The molecule has 4 rings (SSSR count). The standard InChI is InChI=1S/C26H22FN3O4/c1-17-6-10-20(11-7-17)28-24(31)16-34-21-12-8-18(9-13-21)14-23-25(32)30(26(33)29-23)15-19-4-2-3-5-22(19)27/h2-14H,15-16H2,1H3,(H,28,31)(H,29,33). The number of rotatable bonds is 7. The number of urea groups is 1. The van der Waals surface area contributed by atoms with E-state index in [9.17, 15) is 18.8 Å². The highest BCUT2D eigenvalue weighted by molar-refractivity contribution is 6.13. The number of nitrogens with zero attached hydrogens (tertiary/aromatic N) is 1. The second kappa shape index (κ2) is 9.99. The average molecular weight is 459 g/mol. The summed E-state index contributed by atoms with van der Waals surface area (Å²) in [7, 11) is 0. The van der Waals surface area contributed by atoms with Gasteiger partial charge in [-0.15, -0.1) is 0 Å². The van der Waals surface area contributed by atoms with E-state index in [1.165, 1.54) is 18.2 Å². The largest absolute Gasteiger partial charge is 0.484 e. The van der Waals surface area contributed by atoms with E-state index in [-0.39, 0.29) is 30.3 Å². The second-order valence-corrected chi connectivity index (χ2v) is 7.74. The number of carbonyl (C=O) groups excluding carboxylic acids is 3. The maximum atomic E-state index is 13.9. The zero-order valence-corrected chi connectivity index (χ0v) is 18.4. The average Bonchev–Trinajstić information content (AvgIpc) is 3.09. The first-order valence-corrected chi connectivity index (χ1v) is 10.6. The van der Waals surface area contributed by atoms with Crippen LogP contribution < -0.4 is 15.4 Å². The Labute approximate surface area is 195 Å². The van der Waals surface area contributed by atoms with Gasteiger partial charge in [0.1, 0.15) is 17.3 Å². The van der Waals surface area contributed by atoms with Crippen molar-refractivity contribution < 1.29 is 23.5 Å². The van der Waals surface area contributed by atoms with Crippen molar-refractivity contribution in [2.24, 2.45) is 0 Å². The third-order valence-corrected chi connectivity index (χ3v) is 5.14. The summed E-state index contributed by atoms with van der Waals surface area (Å²) in [4.78, 5) is 37.9. The Morgan fingerprint density at radius 1 is 1.03 bits per heavy atom. The predicted octanol–water partition coefficient (Wildman–Crippen LogP) is 4.24. The lowest BCUT2D eigenvalue weighted by Gasteiger charge is -2.12. The van der Waals surface area contributed by atoms with E-state index in [0.717, 1.165) is 10.5 Å². The Morgan fingerprint density at radius 3 is 2.44 bits per heavy atom. The predicted molar refractivity (Wildman–Crippen MR) is 125 cm³/mol. The van der Waals surface area contributed by atoms with E-state index in [1.54, 1.807) is 36.4 Å². The number of aryl methyl sites for hydroxylation is 1. The molecule has 0 bridgehead atoms. The van der Waals surface area contributed by atoms with Gasteiger partial charge in [0.05, 0.1) is 6.54 Å². The Balaban J connectivity index is 1.34. The molecule has 1 aliphatic heterocycles. The fraction of sp³-hybridized carbons (Fsp3) is 0.115. The first-order chi connectivity index (χ1) is 16.4. The summed E-state index contributed by atoms with van der Waals surface area (Å²) in [5, 5.41) is 5.27. The van der Waals surface area contributed by atoms with Crippen molar-refractivity contribution in [2.45, 2.75) is 13.5 Å². The van der Waals surface area contributed by atoms with E-state index < -0.39 is 17.8 Å². The summed E-state index contributed by atoms with van der Waals surface area (Å²) < 4.78 is 19.4. The minimum absolute atomic E-state index is 0.0903. The van der Waals surface area contributed by atoms with Gasteiger partial charge >= 0.3 is 6.03 Å². The number of amides is 4. The Morgan fingerprint density at radius 2 is 1.74 bits per heavy atom. The fourth-order valence-electron chi connectivity index (χ4n) is 3.32. The maximum absolute atomic E-state index is 13.9. The molecule has 1 aliphatic rings. The number of hydrogen-bond acceptors (Lipinski definition) is 4. The second-order valence-electron chi connectivity index (χ2n) is 7.74. The molecule has 1 saturated heterocycles. The zero-order valence-electron chi connectivity index (χ0n) is 18.4. The van der Waals surface area contributed by atoms with Crippen molar-refractivity contribution in [3.63, 3.8) is 0 Å². The van der Waals surface area contributed by atoms with Gasteiger partial charge in [-0.1, -0.05) is 48.0 Å². The van der Waals surface area contributed by atoms with Gasteiger partial charge in [0.25, 0.3) is 11.8 Å². The molecule has 0 aromatic heterocycles. The van der Waals surface area contributed by atoms with Crippen LogP contribution in [0.5, 0.6) is 5.75 Å². The van der Waals surface area contributed by atoms with Crippen LogP contribution in [-0.2, 0) is 16.1 Å². The van der Waals surface area contributed by atoms with E-state index in [4.69, 9.17) is 4.74 Å². The fourth-order valence-corrected chi connectivity index (χ4v) is 3.32. The molecule has 1 fully saturated rings. The van der Waals surface area contributed by atoms with Crippen LogP contribution in [0.3, 0.4) is 0 Å². The SMILES string of the molecule is Cc1ccc(NC(=O)COc2ccc(C=C3NC(=O)N(Cc4ccccc4F)C3=O)cc2)cc1. The highest BCUT2D eigenvalue weighted by Crippen LogP contribution is 2.20. The molecule has 3 aromatic rings. The minimum atomic E-state index is -0.612. The normalized spacial score (nSPS) is 14.3. The molecule has 1 heterocycles. The number of ether oxygens (including phenoxy) is 1. The van der Waals surface area contributed by atoms with E-state index in [0.29, 0.717) is 17.0 Å². The van der Waals surface area contributed by atoms with Gasteiger partial charge in [-0.05, 0) is 48.9 Å². The number of halogens is 1. The molecule has 34 heavy (non-hydrogen) atoms. The van der Waals surface area contributed by atoms with Crippen molar-refractivity contribution in [1.29, 1.82) is 0 Å². The monoisotopic (exact) mass is 459 g/mol. The lowest BCUT2D eigenvalue weighted by molar-refractivity contribution is -0.123. The summed E-state index contributed by atoms with van der Waals surface area (Å²) >= 11 is 0. The number of anilines is 1. The van der Waals surface area contributed by atoms with Gasteiger partial charge in [-0.3, -0.25) is 14.5 Å². The molecule has 2 N–H and O–H groups in total. The van der Waals surface area contributed by atoms with E-state index in [1.807, 2.05) is 31.2 Å². The molecule has 0 saturated carbocycles. The number of carbonyl (C=O) groups is 3. The molecule has 0 radical (unpaired) electrons. The lowest BCUT2D eigenvalue weighted by Crippen LogP contribution is -2.30. The lowest BCUT2D eigenvalue weighted by atomic mass is 10.1. The highest BCUT2D eigenvalue weighted by atomic mass is 19.1. The smallest absolute Gasteiger partial charge is 0.329 e. The van der Waals surface area contributed by atoms with Gasteiger partial charge in [0.2, 0.25) is 0 Å². The molecular formula is C26H22FN3O4. The van der Waals surface area contributed by atoms with Crippen molar-refractivity contribution in [1.82, 2.24) is 10.2 Å². The number of benzene rings is 3. The van der Waals surface area contributed by atoms with Crippen LogP contribution in [0.15, 0.2) is 78.5 Å². The summed E-state index contributed by atoms with van der Waals surface area (Å²) in [5.74, 6) is -0.835. The molecule has 172 valence electrons. The molecule has 0 spiro atoms. The van der Waals surface area contributed by atoms with Gasteiger partial charge in [-0.2, -0.15) is 0 Å². The number of imide groups is 1. The maximum Gasteiger partial charge on any atom is 0.329 e. The van der Waals surface area contributed by atoms with Crippen LogP contribution in [0, 0.1) is 12.7 Å². The minimum Gasteiger partial charge on any atom is -0.484 e. The van der Waals surface area contributed by atoms with Crippen molar-refractivity contribution in [2.75, 3.05) is 11.9 Å². The summed E-state index contributed by atoms with van der Waals surface area (Å²) in [5.41, 5.74) is 2.77. The third kappa shape index (κ3) is 5.47. The van der Waals surface area contributed by atoms with Crippen molar-refractivity contribution >= 4 is 29.6 Å². The summed E-state index contributed by atoms with van der Waals surface area (Å²) in [6.45, 7) is 1.65. The quantitative estimate of drug-likeness (QED) is 0.409. The first-order valence-electron chi connectivity index (χ1n) is 10.6. The zero-order chi connectivity index (χ0) is 24.1. The van der Waals surface area contributed by atoms with Gasteiger partial charge in [0.15, 0.2) is 6.61 Å². The molecule has 0 aliphatic carbocycles. The summed E-state index contributed by atoms with van der Waals surface area (Å²) in [6.07, 6.45) is 1.52. The van der Waals surface area contributed by atoms with Crippen LogP contribution in [0.25, 0.3) is 6.08 Å². The topological polar surface area (TPSA) is 87.7 Å². The van der Waals surface area contributed by atoms with Crippen LogP contribution in [-0.4, -0.2) is 29.4 Å². The molecular weight excluding hydrogens is 437 g/mol. The summed E-state index contributed by atoms with van der Waals surface area (Å²) in [6, 6.07) is 19.5. The Bertz CT molecular complexity index is 1250. The molecule has 0 atom stereocenters. The van der Waals surface area contributed by atoms with Gasteiger partial charge in [-0.25, -0.2) is 9.18 Å². The number of hydrogen-bond donors (Lipinski definition) is 2. The molecule has 0 unspecified atom stereocenters. The van der Waals surface area contributed by atoms with Gasteiger partial charge in [0, 0.05) is 11.3 Å². The third-order valence-electron chi connectivity index (χ3n) is 5.14. The van der Waals surface area contributed by atoms with Crippen LogP contribution in [0.4, 0.5) is 14.9 Å². The first kappa shape index (κ1) is 22.7. The molecule has 8 heteroatoms. The van der Waals surface area contributed by atoms with Crippen LogP contribution >= 0.6 is 0 Å². The van der Waals surface area contributed by atoms with Crippen LogP contribution in [0.2, 0.25) is 0 Å². The molecule has 4 amide bonds. The Hall–Kier alpha value is -4.46. The van der Waals surface area contributed by atoms with Crippen molar-refractivity contribution in [3.05, 3.63) is 101 Å². The van der Waals surface area contributed by atoms with Crippen LogP contribution in [0.1, 0.15) is 16.7 Å². The van der Waals surface area contributed by atoms with E-state index in [2.05, 4.69) is 10.6 Å².